The molecule has 0 bridgehead atoms. The van der Waals surface area contributed by atoms with E-state index in [0.29, 0.717) is 5.56 Å². The molecule has 2 aromatic rings. The summed E-state index contributed by atoms with van der Waals surface area (Å²) in [5, 5.41) is 8.95. The van der Waals surface area contributed by atoms with Gasteiger partial charge in [0.2, 0.25) is 0 Å². The summed E-state index contributed by atoms with van der Waals surface area (Å²) in [4.78, 5) is 4.73. The number of fused-ring (bicyclic) bond motifs is 1. The van der Waals surface area contributed by atoms with E-state index in [-0.39, 0.29) is 0 Å². The number of benzene rings is 1. The summed E-state index contributed by atoms with van der Waals surface area (Å²) in [6, 6.07) is 8.01. The Balaban J connectivity index is 2.08. The van der Waals surface area contributed by atoms with Crippen molar-refractivity contribution in [3.8, 4) is 6.07 Å². The van der Waals surface area contributed by atoms with Gasteiger partial charge in [-0.2, -0.15) is 5.26 Å². The molecular formula is C15H17N3. The van der Waals surface area contributed by atoms with Crippen molar-refractivity contribution in [3.63, 3.8) is 0 Å². The normalized spacial score (nSPS) is 14.9. The molecule has 1 aromatic heterocycles. The van der Waals surface area contributed by atoms with E-state index in [4.69, 9.17) is 10.2 Å². The molecule has 18 heavy (non-hydrogen) atoms. The quantitative estimate of drug-likeness (QED) is 0.821. The van der Waals surface area contributed by atoms with Gasteiger partial charge in [0, 0.05) is 13.0 Å². The number of hydrogen-bond acceptors (Lipinski definition) is 2. The summed E-state index contributed by atoms with van der Waals surface area (Å²) in [6.45, 7) is 3.21. The maximum atomic E-state index is 8.95. The predicted molar refractivity (Wildman–Crippen MR) is 71.2 cm³/mol. The van der Waals surface area contributed by atoms with Crippen LogP contribution in [-0.2, 0) is 13.0 Å². The van der Waals surface area contributed by atoms with Gasteiger partial charge in [-0.3, -0.25) is 0 Å². The molecule has 3 rings (SSSR count). The van der Waals surface area contributed by atoms with Crippen molar-refractivity contribution in [2.24, 2.45) is 5.92 Å². The Morgan fingerprint density at radius 1 is 1.44 bits per heavy atom. The van der Waals surface area contributed by atoms with Gasteiger partial charge in [-0.05, 0) is 43.4 Å². The fourth-order valence-corrected chi connectivity index (χ4v) is 2.46. The van der Waals surface area contributed by atoms with Gasteiger partial charge in [-0.25, -0.2) is 4.98 Å². The van der Waals surface area contributed by atoms with E-state index in [1.165, 1.54) is 24.2 Å². The van der Waals surface area contributed by atoms with Gasteiger partial charge < -0.3 is 4.57 Å². The molecule has 3 nitrogen and oxygen atoms in total. The van der Waals surface area contributed by atoms with Crippen LogP contribution in [0.25, 0.3) is 11.0 Å². The van der Waals surface area contributed by atoms with Crippen LogP contribution in [-0.4, -0.2) is 9.55 Å². The standard InChI is InChI=1S/C15H17N3/c1-2-7-18-14-6-5-12(10-16)8-13(14)17-15(18)9-11-3-4-11/h5-6,8,11H,2-4,7,9H2,1H3. The van der Waals surface area contributed by atoms with Gasteiger partial charge in [-0.1, -0.05) is 6.92 Å². The molecule has 1 fully saturated rings. The summed E-state index contributed by atoms with van der Waals surface area (Å²) in [6.07, 6.45) is 4.90. The van der Waals surface area contributed by atoms with Gasteiger partial charge in [0.05, 0.1) is 22.7 Å². The van der Waals surface area contributed by atoms with Crippen LogP contribution in [0, 0.1) is 17.2 Å². The van der Waals surface area contributed by atoms with Gasteiger partial charge >= 0.3 is 0 Å². The average Bonchev–Trinajstić information content (AvgIpc) is 3.13. The zero-order valence-electron chi connectivity index (χ0n) is 10.7. The Bertz CT molecular complexity index is 614. The molecule has 1 aromatic carbocycles. The van der Waals surface area contributed by atoms with Crippen molar-refractivity contribution >= 4 is 11.0 Å². The minimum absolute atomic E-state index is 0.696. The smallest absolute Gasteiger partial charge is 0.110 e. The molecule has 0 atom stereocenters. The number of nitriles is 1. The first-order valence-electron chi connectivity index (χ1n) is 6.71. The number of hydrogen-bond donors (Lipinski definition) is 0. The predicted octanol–water partition coefficient (Wildman–Crippen LogP) is 3.27. The molecule has 0 unspecified atom stereocenters. The number of imidazole rings is 1. The van der Waals surface area contributed by atoms with Crippen molar-refractivity contribution in [2.75, 3.05) is 0 Å². The zero-order valence-corrected chi connectivity index (χ0v) is 10.7. The third kappa shape index (κ3) is 1.99. The fraction of sp³-hybridized carbons (Fsp3) is 0.467. The highest BCUT2D eigenvalue weighted by atomic mass is 15.1. The molecule has 0 saturated heterocycles. The van der Waals surface area contributed by atoms with E-state index in [1.807, 2.05) is 18.2 Å². The van der Waals surface area contributed by atoms with Crippen LogP contribution in [0.3, 0.4) is 0 Å². The molecule has 0 aliphatic heterocycles. The Hall–Kier alpha value is -1.82. The molecule has 1 aliphatic rings. The highest BCUT2D eigenvalue weighted by Gasteiger charge is 2.24. The third-order valence-electron chi connectivity index (χ3n) is 3.57. The molecule has 1 saturated carbocycles. The number of nitrogens with zero attached hydrogens (tertiary/aromatic N) is 3. The van der Waals surface area contributed by atoms with Crippen molar-refractivity contribution < 1.29 is 0 Å². The number of aryl methyl sites for hydroxylation is 1. The van der Waals surface area contributed by atoms with E-state index < -0.39 is 0 Å². The first-order chi connectivity index (χ1) is 8.81. The highest BCUT2D eigenvalue weighted by Crippen LogP contribution is 2.33. The van der Waals surface area contributed by atoms with Crippen LogP contribution >= 0.6 is 0 Å². The first-order valence-corrected chi connectivity index (χ1v) is 6.71. The fourth-order valence-electron chi connectivity index (χ4n) is 2.46. The summed E-state index contributed by atoms with van der Waals surface area (Å²) in [5.74, 6) is 2.04. The van der Waals surface area contributed by atoms with Crippen molar-refractivity contribution in [1.29, 1.82) is 5.26 Å². The van der Waals surface area contributed by atoms with E-state index in [9.17, 15) is 0 Å². The summed E-state index contributed by atoms with van der Waals surface area (Å²) >= 11 is 0. The molecule has 0 N–H and O–H groups in total. The number of aromatic nitrogens is 2. The van der Waals surface area contributed by atoms with E-state index in [0.717, 1.165) is 30.8 Å². The summed E-state index contributed by atoms with van der Waals surface area (Å²) in [7, 11) is 0. The lowest BCUT2D eigenvalue weighted by Gasteiger charge is -2.06. The SMILES string of the molecule is CCCn1c(CC2CC2)nc2cc(C#N)ccc21. The Kier molecular flexibility index (Phi) is 2.79. The second-order valence-corrected chi connectivity index (χ2v) is 5.14. The molecule has 0 radical (unpaired) electrons. The molecular weight excluding hydrogens is 222 g/mol. The lowest BCUT2D eigenvalue weighted by atomic mass is 10.2. The Morgan fingerprint density at radius 2 is 2.28 bits per heavy atom. The molecule has 1 aliphatic carbocycles. The molecule has 3 heteroatoms. The lowest BCUT2D eigenvalue weighted by molar-refractivity contribution is 0.632. The minimum Gasteiger partial charge on any atom is -0.328 e. The van der Waals surface area contributed by atoms with E-state index in [1.54, 1.807) is 0 Å². The molecule has 0 amide bonds. The average molecular weight is 239 g/mol. The van der Waals surface area contributed by atoms with Crippen molar-refractivity contribution in [3.05, 3.63) is 29.6 Å². The van der Waals surface area contributed by atoms with Crippen LogP contribution in [0.2, 0.25) is 0 Å². The summed E-state index contributed by atoms with van der Waals surface area (Å²) < 4.78 is 2.33. The summed E-state index contributed by atoms with van der Waals surface area (Å²) in [5.41, 5.74) is 2.84. The highest BCUT2D eigenvalue weighted by molar-refractivity contribution is 5.77. The second-order valence-electron chi connectivity index (χ2n) is 5.14. The van der Waals surface area contributed by atoms with E-state index in [2.05, 4.69) is 17.6 Å². The Morgan fingerprint density at radius 3 is 2.94 bits per heavy atom. The van der Waals surface area contributed by atoms with Crippen LogP contribution in [0.15, 0.2) is 18.2 Å². The number of rotatable bonds is 4. The third-order valence-corrected chi connectivity index (χ3v) is 3.57. The molecule has 0 spiro atoms. The van der Waals surface area contributed by atoms with Crippen LogP contribution in [0.1, 0.15) is 37.6 Å². The topological polar surface area (TPSA) is 41.6 Å². The van der Waals surface area contributed by atoms with Gasteiger partial charge in [0.15, 0.2) is 0 Å². The largest absolute Gasteiger partial charge is 0.328 e. The van der Waals surface area contributed by atoms with Gasteiger partial charge in [0.1, 0.15) is 5.82 Å². The Labute approximate surface area is 107 Å². The monoisotopic (exact) mass is 239 g/mol. The maximum Gasteiger partial charge on any atom is 0.110 e. The molecule has 92 valence electrons. The zero-order chi connectivity index (χ0) is 12.5. The van der Waals surface area contributed by atoms with Crippen LogP contribution in [0.5, 0.6) is 0 Å². The van der Waals surface area contributed by atoms with Gasteiger partial charge in [0.25, 0.3) is 0 Å². The van der Waals surface area contributed by atoms with Crippen molar-refractivity contribution in [2.45, 2.75) is 39.2 Å². The second kappa shape index (κ2) is 4.45. The van der Waals surface area contributed by atoms with Gasteiger partial charge in [-0.15, -0.1) is 0 Å². The van der Waals surface area contributed by atoms with Crippen LogP contribution in [0.4, 0.5) is 0 Å². The van der Waals surface area contributed by atoms with Crippen molar-refractivity contribution in [1.82, 2.24) is 9.55 Å². The lowest BCUT2D eigenvalue weighted by Crippen LogP contribution is -2.04. The van der Waals surface area contributed by atoms with Crippen LogP contribution < -0.4 is 0 Å². The minimum atomic E-state index is 0.696. The molecule has 1 heterocycles. The van der Waals surface area contributed by atoms with E-state index >= 15 is 0 Å². The maximum absolute atomic E-state index is 8.95. The first kappa shape index (κ1) is 11.3.